The number of rotatable bonds is 1. The lowest BCUT2D eigenvalue weighted by molar-refractivity contribution is -0.144. The van der Waals surface area contributed by atoms with Gasteiger partial charge < -0.3 is 10.2 Å². The van der Waals surface area contributed by atoms with E-state index in [0.29, 0.717) is 0 Å². The first-order valence-corrected chi connectivity index (χ1v) is 2.87. The Hall–Kier alpha value is -1.04. The van der Waals surface area contributed by atoms with E-state index in [-0.39, 0.29) is 6.61 Å². The Morgan fingerprint density at radius 3 is 1.75 bits per heavy atom. The fraction of sp³-hybridized carbons (Fsp3) is 0.500. The fourth-order valence-corrected chi connectivity index (χ4v) is 0.121. The molecule has 0 saturated heterocycles. The fourth-order valence-electron chi connectivity index (χ4n) is 0.121. The molecule has 0 fully saturated rings. The Kier molecular flexibility index (Phi) is 6.31. The molecule has 0 saturated carbocycles. The molecule has 0 unspecified atom stereocenters. The van der Waals surface area contributed by atoms with Crippen molar-refractivity contribution in [3.8, 4) is 0 Å². The number of hydrogen-bond acceptors (Lipinski definition) is 2. The van der Waals surface area contributed by atoms with Gasteiger partial charge in [-0.1, -0.05) is 6.58 Å². The van der Waals surface area contributed by atoms with E-state index in [0.717, 1.165) is 0 Å². The number of aliphatic hydroxyl groups excluding tert-OH is 1. The van der Waals surface area contributed by atoms with Crippen molar-refractivity contribution in [3.05, 3.63) is 12.2 Å². The summed E-state index contributed by atoms with van der Waals surface area (Å²) in [4.78, 5) is 9.53. The Bertz CT molecular complexity index is 162. The summed E-state index contributed by atoms with van der Waals surface area (Å²) in [5.41, 5.74) is -1.75. The number of carbonyl (C=O) groups is 1. The smallest absolute Gasteiger partial charge is 0.422 e. The van der Waals surface area contributed by atoms with E-state index in [2.05, 4.69) is 6.58 Å². The summed E-state index contributed by atoms with van der Waals surface area (Å²) in [6.45, 7) is 4.23. The van der Waals surface area contributed by atoms with Crippen molar-refractivity contribution in [1.29, 1.82) is 0 Å². The molecular weight excluding hydrogens is 177 g/mol. The molecule has 6 heteroatoms. The quantitative estimate of drug-likeness (QED) is 0.604. The van der Waals surface area contributed by atoms with Gasteiger partial charge in [-0.15, -0.1) is 0 Å². The van der Waals surface area contributed by atoms with E-state index >= 15 is 0 Å². The van der Waals surface area contributed by atoms with E-state index in [9.17, 15) is 18.0 Å². The Morgan fingerprint density at radius 2 is 1.75 bits per heavy atom. The highest BCUT2D eigenvalue weighted by molar-refractivity contribution is 5.87. The minimum Gasteiger partial charge on any atom is -0.478 e. The number of aliphatic hydroxyl groups is 1. The van der Waals surface area contributed by atoms with Crippen LogP contribution in [0.4, 0.5) is 13.2 Å². The lowest BCUT2D eigenvalue weighted by atomic mass is 10.3. The predicted molar refractivity (Wildman–Crippen MR) is 35.6 cm³/mol. The Balaban J connectivity index is 0. The van der Waals surface area contributed by atoms with E-state index in [1.165, 1.54) is 0 Å². The maximum Gasteiger partial charge on any atom is 0.422 e. The van der Waals surface area contributed by atoms with Crippen molar-refractivity contribution in [1.82, 2.24) is 0 Å². The summed E-state index contributed by atoms with van der Waals surface area (Å²) >= 11 is 0. The highest BCUT2D eigenvalue weighted by Gasteiger charge is 2.36. The molecule has 72 valence electrons. The van der Waals surface area contributed by atoms with Gasteiger partial charge in [-0.3, -0.25) is 0 Å². The molecule has 0 aromatic heterocycles. The maximum absolute atomic E-state index is 11.2. The van der Waals surface area contributed by atoms with Gasteiger partial charge in [0.2, 0.25) is 0 Å². The first kappa shape index (κ1) is 13.5. The summed E-state index contributed by atoms with van der Waals surface area (Å²) in [5.74, 6) is -2.04. The van der Waals surface area contributed by atoms with E-state index < -0.39 is 17.7 Å². The molecular formula is C6H9F3O3. The lowest BCUT2D eigenvalue weighted by Gasteiger charge is -2.02. The van der Waals surface area contributed by atoms with Gasteiger partial charge in [0.05, 0.1) is 0 Å². The highest BCUT2D eigenvalue weighted by Crippen LogP contribution is 2.23. The third-order valence-corrected chi connectivity index (χ3v) is 0.600. The van der Waals surface area contributed by atoms with Crippen molar-refractivity contribution < 1.29 is 28.2 Å². The predicted octanol–water partition coefficient (Wildman–Crippen LogP) is 1.19. The molecule has 12 heavy (non-hydrogen) atoms. The summed E-state index contributed by atoms with van der Waals surface area (Å²) < 4.78 is 33.7. The SMILES string of the molecule is C=C(C(=O)O)C(F)(F)F.CCO. The topological polar surface area (TPSA) is 57.5 Å². The normalized spacial score (nSPS) is 9.75. The van der Waals surface area contributed by atoms with Crippen molar-refractivity contribution in [2.24, 2.45) is 0 Å². The number of halogens is 3. The Labute approximate surface area is 67.1 Å². The van der Waals surface area contributed by atoms with Gasteiger partial charge in [0.15, 0.2) is 0 Å². The molecule has 0 radical (unpaired) electrons. The number of carboxylic acids is 1. The molecule has 3 nitrogen and oxygen atoms in total. The second-order valence-electron chi connectivity index (χ2n) is 1.60. The van der Waals surface area contributed by atoms with Gasteiger partial charge in [0.1, 0.15) is 5.57 Å². The van der Waals surface area contributed by atoms with Crippen LogP contribution in [0.3, 0.4) is 0 Å². The molecule has 0 atom stereocenters. The van der Waals surface area contributed by atoms with Crippen LogP contribution in [0.2, 0.25) is 0 Å². The summed E-state index contributed by atoms with van der Waals surface area (Å²) in [7, 11) is 0. The van der Waals surface area contributed by atoms with Crippen LogP contribution in [0, 0.1) is 0 Å². The molecule has 0 aromatic carbocycles. The van der Waals surface area contributed by atoms with Crippen LogP contribution in [0.15, 0.2) is 12.2 Å². The van der Waals surface area contributed by atoms with Crippen molar-refractivity contribution in [2.45, 2.75) is 13.1 Å². The van der Waals surface area contributed by atoms with Crippen LogP contribution in [0.1, 0.15) is 6.92 Å². The van der Waals surface area contributed by atoms with Gasteiger partial charge in [0, 0.05) is 6.61 Å². The first-order valence-electron chi connectivity index (χ1n) is 2.87. The summed E-state index contributed by atoms with van der Waals surface area (Å²) in [5, 5.41) is 15.3. The molecule has 0 heterocycles. The molecule has 0 aliphatic rings. The second-order valence-corrected chi connectivity index (χ2v) is 1.60. The minimum absolute atomic E-state index is 0.250. The number of hydrogen-bond donors (Lipinski definition) is 2. The van der Waals surface area contributed by atoms with Crippen molar-refractivity contribution in [3.63, 3.8) is 0 Å². The zero-order valence-corrected chi connectivity index (χ0v) is 6.35. The van der Waals surface area contributed by atoms with E-state index in [1.807, 2.05) is 0 Å². The lowest BCUT2D eigenvalue weighted by Crippen LogP contribution is -2.18. The Morgan fingerprint density at radius 1 is 1.50 bits per heavy atom. The van der Waals surface area contributed by atoms with Crippen LogP contribution in [-0.4, -0.2) is 29.0 Å². The first-order chi connectivity index (χ1) is 5.27. The average Bonchev–Trinajstić information content (AvgIpc) is 1.85. The number of carboxylic acid groups (broad SMARTS) is 1. The van der Waals surface area contributed by atoms with Gasteiger partial charge >= 0.3 is 12.1 Å². The van der Waals surface area contributed by atoms with Crippen LogP contribution in [-0.2, 0) is 4.79 Å². The average molecular weight is 186 g/mol. The highest BCUT2D eigenvalue weighted by atomic mass is 19.4. The van der Waals surface area contributed by atoms with Gasteiger partial charge in [0.25, 0.3) is 0 Å². The van der Waals surface area contributed by atoms with Crippen LogP contribution in [0.5, 0.6) is 0 Å². The van der Waals surface area contributed by atoms with Crippen molar-refractivity contribution >= 4 is 5.97 Å². The molecule has 2 N–H and O–H groups in total. The molecule has 0 rings (SSSR count). The molecule has 0 bridgehead atoms. The summed E-state index contributed by atoms with van der Waals surface area (Å²) in [6, 6.07) is 0. The van der Waals surface area contributed by atoms with Crippen LogP contribution < -0.4 is 0 Å². The zero-order chi connectivity index (χ0) is 10.4. The van der Waals surface area contributed by atoms with E-state index in [1.54, 1.807) is 6.92 Å². The number of aliphatic carboxylic acids is 1. The van der Waals surface area contributed by atoms with Gasteiger partial charge in [-0.05, 0) is 6.92 Å². The molecule has 0 aliphatic carbocycles. The molecule has 0 spiro atoms. The van der Waals surface area contributed by atoms with E-state index in [4.69, 9.17) is 10.2 Å². The number of alkyl halides is 3. The zero-order valence-electron chi connectivity index (χ0n) is 6.35. The standard InChI is InChI=1S/C4H3F3O2.C2H6O/c1-2(3(8)9)4(5,6)7;1-2-3/h1H2,(H,8,9);3H,2H2,1H3. The molecule has 0 aromatic rings. The molecule has 0 amide bonds. The third kappa shape index (κ3) is 7.07. The second kappa shape index (κ2) is 5.59. The summed E-state index contributed by atoms with van der Waals surface area (Å²) in [6.07, 6.45) is -4.81. The van der Waals surface area contributed by atoms with Crippen LogP contribution in [0.25, 0.3) is 0 Å². The molecule has 0 aliphatic heterocycles. The van der Waals surface area contributed by atoms with Gasteiger partial charge in [-0.2, -0.15) is 13.2 Å². The maximum atomic E-state index is 11.2. The third-order valence-electron chi connectivity index (χ3n) is 0.600. The minimum atomic E-state index is -4.81. The largest absolute Gasteiger partial charge is 0.478 e. The van der Waals surface area contributed by atoms with Crippen molar-refractivity contribution in [2.75, 3.05) is 6.61 Å². The monoisotopic (exact) mass is 186 g/mol. The van der Waals surface area contributed by atoms with Crippen LogP contribution >= 0.6 is 0 Å². The van der Waals surface area contributed by atoms with Gasteiger partial charge in [-0.25, -0.2) is 4.79 Å².